The number of para-hydroxylation sites is 2. The molecule has 0 bridgehead atoms. The molecular formula is C17H15Cl2N3O. The van der Waals surface area contributed by atoms with E-state index in [1.807, 2.05) is 41.8 Å². The van der Waals surface area contributed by atoms with E-state index >= 15 is 0 Å². The van der Waals surface area contributed by atoms with Gasteiger partial charge in [-0.15, -0.1) is 0 Å². The van der Waals surface area contributed by atoms with Crippen LogP contribution in [0.3, 0.4) is 0 Å². The SMILES string of the molecule is CCNC(=O)Cn1c(-c2ccc(Cl)cc2Cl)nc2ccccc21. The lowest BCUT2D eigenvalue weighted by atomic mass is 10.2. The van der Waals surface area contributed by atoms with Crippen molar-refractivity contribution in [3.63, 3.8) is 0 Å². The molecule has 4 nitrogen and oxygen atoms in total. The fraction of sp³-hybridized carbons (Fsp3) is 0.176. The second-order valence-corrected chi connectivity index (χ2v) is 5.93. The van der Waals surface area contributed by atoms with Gasteiger partial charge in [0.1, 0.15) is 12.4 Å². The Morgan fingerprint density at radius 1 is 1.22 bits per heavy atom. The predicted molar refractivity (Wildman–Crippen MR) is 93.9 cm³/mol. The van der Waals surface area contributed by atoms with Gasteiger partial charge in [-0.2, -0.15) is 0 Å². The van der Waals surface area contributed by atoms with Crippen LogP contribution in [0, 0.1) is 0 Å². The lowest BCUT2D eigenvalue weighted by Gasteiger charge is -2.10. The molecule has 3 aromatic rings. The molecule has 1 aromatic heterocycles. The van der Waals surface area contributed by atoms with Crippen molar-refractivity contribution < 1.29 is 4.79 Å². The number of hydrogen-bond acceptors (Lipinski definition) is 2. The summed E-state index contributed by atoms with van der Waals surface area (Å²) in [7, 11) is 0. The number of halogens is 2. The van der Waals surface area contributed by atoms with Gasteiger partial charge in [0.05, 0.1) is 16.1 Å². The molecule has 0 radical (unpaired) electrons. The Morgan fingerprint density at radius 3 is 2.74 bits per heavy atom. The second-order valence-electron chi connectivity index (χ2n) is 5.09. The van der Waals surface area contributed by atoms with E-state index < -0.39 is 0 Å². The molecule has 3 rings (SSSR count). The smallest absolute Gasteiger partial charge is 0.240 e. The van der Waals surface area contributed by atoms with E-state index in [1.165, 1.54) is 0 Å². The van der Waals surface area contributed by atoms with Gasteiger partial charge < -0.3 is 9.88 Å². The summed E-state index contributed by atoms with van der Waals surface area (Å²) in [5.41, 5.74) is 2.45. The highest BCUT2D eigenvalue weighted by molar-refractivity contribution is 6.36. The maximum absolute atomic E-state index is 12.1. The van der Waals surface area contributed by atoms with Crippen molar-refractivity contribution in [2.24, 2.45) is 0 Å². The minimum absolute atomic E-state index is 0.0676. The summed E-state index contributed by atoms with van der Waals surface area (Å²) in [6.07, 6.45) is 0. The van der Waals surface area contributed by atoms with E-state index in [-0.39, 0.29) is 12.5 Å². The molecule has 0 aliphatic heterocycles. The molecule has 0 saturated carbocycles. The first-order valence-electron chi connectivity index (χ1n) is 7.27. The molecule has 0 fully saturated rings. The standard InChI is InChI=1S/C17H15Cl2N3O/c1-2-20-16(23)10-22-15-6-4-3-5-14(15)21-17(22)12-8-7-11(18)9-13(12)19/h3-9H,2,10H2,1H3,(H,20,23). The Balaban J connectivity index is 2.17. The Labute approximate surface area is 144 Å². The van der Waals surface area contributed by atoms with Crippen LogP contribution in [-0.2, 0) is 11.3 Å². The van der Waals surface area contributed by atoms with Crippen LogP contribution in [0.1, 0.15) is 6.92 Å². The molecule has 2 aromatic carbocycles. The number of imidazole rings is 1. The van der Waals surface area contributed by atoms with Crippen LogP contribution in [-0.4, -0.2) is 22.0 Å². The van der Waals surface area contributed by atoms with Gasteiger partial charge >= 0.3 is 0 Å². The van der Waals surface area contributed by atoms with Gasteiger partial charge in [0.2, 0.25) is 5.91 Å². The van der Waals surface area contributed by atoms with E-state index in [1.54, 1.807) is 12.1 Å². The molecular weight excluding hydrogens is 333 g/mol. The van der Waals surface area contributed by atoms with Crippen LogP contribution in [0.5, 0.6) is 0 Å². The van der Waals surface area contributed by atoms with E-state index in [0.717, 1.165) is 16.6 Å². The summed E-state index contributed by atoms with van der Waals surface area (Å²) in [4.78, 5) is 16.7. The number of carbonyl (C=O) groups is 1. The number of carbonyl (C=O) groups excluding carboxylic acids is 1. The van der Waals surface area contributed by atoms with Crippen LogP contribution >= 0.6 is 23.2 Å². The van der Waals surface area contributed by atoms with Gasteiger partial charge in [-0.25, -0.2) is 4.98 Å². The highest BCUT2D eigenvalue weighted by Crippen LogP contribution is 2.32. The van der Waals surface area contributed by atoms with Crippen molar-refractivity contribution in [1.29, 1.82) is 0 Å². The number of aromatic nitrogens is 2. The number of likely N-dealkylation sites (N-methyl/N-ethyl adjacent to an activating group) is 1. The van der Waals surface area contributed by atoms with E-state index in [2.05, 4.69) is 10.3 Å². The predicted octanol–water partition coefficient (Wildman–Crippen LogP) is 4.15. The van der Waals surface area contributed by atoms with Crippen molar-refractivity contribution in [3.8, 4) is 11.4 Å². The third-order valence-electron chi connectivity index (χ3n) is 3.50. The number of nitrogens with zero attached hydrogens (tertiary/aromatic N) is 2. The largest absolute Gasteiger partial charge is 0.355 e. The molecule has 1 heterocycles. The third-order valence-corrected chi connectivity index (χ3v) is 4.05. The van der Waals surface area contributed by atoms with Crippen molar-refractivity contribution in [1.82, 2.24) is 14.9 Å². The Hall–Kier alpha value is -2.04. The summed E-state index contributed by atoms with van der Waals surface area (Å²) < 4.78 is 1.87. The van der Waals surface area contributed by atoms with Crippen LogP contribution in [0.4, 0.5) is 0 Å². The van der Waals surface area contributed by atoms with Crippen molar-refractivity contribution in [3.05, 3.63) is 52.5 Å². The molecule has 0 aliphatic carbocycles. The Bertz CT molecular complexity index is 873. The van der Waals surface area contributed by atoms with Crippen molar-refractivity contribution in [2.75, 3.05) is 6.54 Å². The average molecular weight is 348 g/mol. The number of rotatable bonds is 4. The second kappa shape index (κ2) is 6.60. The summed E-state index contributed by atoms with van der Waals surface area (Å²) in [6.45, 7) is 2.66. The highest BCUT2D eigenvalue weighted by atomic mass is 35.5. The van der Waals surface area contributed by atoms with Crippen LogP contribution in [0.2, 0.25) is 10.0 Å². The van der Waals surface area contributed by atoms with Gasteiger partial charge in [-0.05, 0) is 37.3 Å². The molecule has 0 saturated heterocycles. The van der Waals surface area contributed by atoms with Gasteiger partial charge in [0.15, 0.2) is 0 Å². The molecule has 0 aliphatic rings. The Morgan fingerprint density at radius 2 is 2.00 bits per heavy atom. The molecule has 0 spiro atoms. The zero-order valence-electron chi connectivity index (χ0n) is 12.5. The number of amides is 1. The molecule has 1 N–H and O–H groups in total. The van der Waals surface area contributed by atoms with Crippen LogP contribution in [0.25, 0.3) is 22.4 Å². The summed E-state index contributed by atoms with van der Waals surface area (Å²) in [5.74, 6) is 0.584. The van der Waals surface area contributed by atoms with Gasteiger partial charge in [-0.3, -0.25) is 4.79 Å². The maximum Gasteiger partial charge on any atom is 0.240 e. The number of hydrogen-bond donors (Lipinski definition) is 1. The first-order chi connectivity index (χ1) is 11.1. The minimum atomic E-state index is -0.0676. The summed E-state index contributed by atoms with van der Waals surface area (Å²) >= 11 is 12.3. The van der Waals surface area contributed by atoms with E-state index in [9.17, 15) is 4.79 Å². The van der Waals surface area contributed by atoms with Crippen molar-refractivity contribution >= 4 is 40.1 Å². The normalized spacial score (nSPS) is 10.9. The van der Waals surface area contributed by atoms with Gasteiger partial charge in [-0.1, -0.05) is 35.3 Å². The van der Waals surface area contributed by atoms with Crippen LogP contribution < -0.4 is 5.32 Å². The molecule has 1 amide bonds. The van der Waals surface area contributed by atoms with Crippen LogP contribution in [0.15, 0.2) is 42.5 Å². The minimum Gasteiger partial charge on any atom is -0.355 e. The summed E-state index contributed by atoms with van der Waals surface area (Å²) in [5, 5.41) is 3.87. The fourth-order valence-corrected chi connectivity index (χ4v) is 3.00. The third kappa shape index (κ3) is 3.19. The molecule has 0 atom stereocenters. The topological polar surface area (TPSA) is 46.9 Å². The quantitative estimate of drug-likeness (QED) is 0.770. The highest BCUT2D eigenvalue weighted by Gasteiger charge is 2.17. The number of fused-ring (bicyclic) bond motifs is 1. The fourth-order valence-electron chi connectivity index (χ4n) is 2.51. The Kier molecular flexibility index (Phi) is 4.55. The molecule has 118 valence electrons. The molecule has 0 unspecified atom stereocenters. The van der Waals surface area contributed by atoms with E-state index in [0.29, 0.717) is 22.4 Å². The maximum atomic E-state index is 12.1. The average Bonchev–Trinajstić information content (AvgIpc) is 2.86. The number of benzene rings is 2. The molecule has 23 heavy (non-hydrogen) atoms. The first kappa shape index (κ1) is 15.8. The van der Waals surface area contributed by atoms with Crippen molar-refractivity contribution in [2.45, 2.75) is 13.5 Å². The lowest BCUT2D eigenvalue weighted by Crippen LogP contribution is -2.27. The summed E-state index contributed by atoms with van der Waals surface area (Å²) in [6, 6.07) is 12.9. The van der Waals surface area contributed by atoms with Gasteiger partial charge in [0, 0.05) is 17.1 Å². The number of nitrogens with one attached hydrogen (secondary N) is 1. The first-order valence-corrected chi connectivity index (χ1v) is 8.03. The lowest BCUT2D eigenvalue weighted by molar-refractivity contribution is -0.121. The monoisotopic (exact) mass is 347 g/mol. The van der Waals surface area contributed by atoms with Gasteiger partial charge in [0.25, 0.3) is 0 Å². The molecule has 6 heteroatoms. The zero-order valence-corrected chi connectivity index (χ0v) is 14.0. The zero-order chi connectivity index (χ0) is 16.4. The van der Waals surface area contributed by atoms with E-state index in [4.69, 9.17) is 23.2 Å².